The monoisotopic (exact) mass is 440 g/mol. The maximum absolute atomic E-state index is 6.13. The average Bonchev–Trinajstić information content (AvgIpc) is 2.91. The van der Waals surface area contributed by atoms with Gasteiger partial charge in [0.15, 0.2) is 0 Å². The number of aromatic amines is 1. The van der Waals surface area contributed by atoms with Crippen molar-refractivity contribution in [2.45, 2.75) is 59.1 Å². The summed E-state index contributed by atoms with van der Waals surface area (Å²) in [4.78, 5) is 9.62. The van der Waals surface area contributed by atoms with Gasteiger partial charge in [0.2, 0.25) is 0 Å². The van der Waals surface area contributed by atoms with Crippen LogP contribution in [0.1, 0.15) is 58.3 Å². The SMILES string of the molecule is CCCSCON1CCc2c([nH]c3cc(Br)c(OC(C)(C)C)cc23)C1C. The minimum Gasteiger partial charge on any atom is -0.487 e. The first-order valence-corrected chi connectivity index (χ1v) is 11.2. The van der Waals surface area contributed by atoms with Crippen molar-refractivity contribution < 1.29 is 9.57 Å². The Balaban J connectivity index is 1.85. The van der Waals surface area contributed by atoms with Crippen LogP contribution in [0.5, 0.6) is 5.75 Å². The van der Waals surface area contributed by atoms with Crippen molar-refractivity contribution in [1.29, 1.82) is 0 Å². The summed E-state index contributed by atoms with van der Waals surface area (Å²) in [7, 11) is 0. The lowest BCUT2D eigenvalue weighted by Crippen LogP contribution is -2.34. The summed E-state index contributed by atoms with van der Waals surface area (Å²) in [6.07, 6.45) is 2.16. The third kappa shape index (κ3) is 4.41. The van der Waals surface area contributed by atoms with Crippen LogP contribution in [-0.2, 0) is 11.3 Å². The van der Waals surface area contributed by atoms with E-state index in [9.17, 15) is 0 Å². The van der Waals surface area contributed by atoms with Gasteiger partial charge < -0.3 is 9.72 Å². The van der Waals surface area contributed by atoms with E-state index in [4.69, 9.17) is 9.57 Å². The van der Waals surface area contributed by atoms with Gasteiger partial charge in [-0.2, -0.15) is 5.06 Å². The molecule has 1 aromatic carbocycles. The zero-order chi connectivity index (χ0) is 18.9. The highest BCUT2D eigenvalue weighted by molar-refractivity contribution is 9.10. The van der Waals surface area contributed by atoms with Crippen LogP contribution in [0.4, 0.5) is 0 Å². The Morgan fingerprint density at radius 2 is 2.12 bits per heavy atom. The van der Waals surface area contributed by atoms with Gasteiger partial charge in [0.05, 0.1) is 10.5 Å². The molecule has 26 heavy (non-hydrogen) atoms. The summed E-state index contributed by atoms with van der Waals surface area (Å²) in [5, 5.41) is 3.37. The molecule has 1 aliphatic rings. The predicted octanol–water partition coefficient (Wildman–Crippen LogP) is 6.06. The molecule has 2 heterocycles. The molecule has 0 aliphatic carbocycles. The molecule has 1 atom stereocenters. The van der Waals surface area contributed by atoms with Gasteiger partial charge in [-0.1, -0.05) is 6.92 Å². The zero-order valence-corrected chi connectivity index (χ0v) is 18.7. The van der Waals surface area contributed by atoms with E-state index >= 15 is 0 Å². The molecule has 0 amide bonds. The Kier molecular flexibility index (Phi) is 6.27. The number of hydroxylamine groups is 2. The van der Waals surface area contributed by atoms with Crippen LogP contribution in [0, 0.1) is 0 Å². The maximum atomic E-state index is 6.13. The first-order valence-electron chi connectivity index (χ1n) is 9.30. The topological polar surface area (TPSA) is 37.5 Å². The summed E-state index contributed by atoms with van der Waals surface area (Å²) in [6.45, 7) is 11.5. The first-order chi connectivity index (χ1) is 12.3. The van der Waals surface area contributed by atoms with E-state index < -0.39 is 0 Å². The number of nitrogens with zero attached hydrogens (tertiary/aromatic N) is 1. The summed E-state index contributed by atoms with van der Waals surface area (Å²) < 4.78 is 7.11. The van der Waals surface area contributed by atoms with Gasteiger partial charge in [0, 0.05) is 23.1 Å². The van der Waals surface area contributed by atoms with E-state index in [0.717, 1.165) is 40.4 Å². The number of fused-ring (bicyclic) bond motifs is 3. The Morgan fingerprint density at radius 1 is 1.35 bits per heavy atom. The number of hydrogen-bond acceptors (Lipinski definition) is 4. The van der Waals surface area contributed by atoms with Crippen LogP contribution in [0.25, 0.3) is 10.9 Å². The smallest absolute Gasteiger partial charge is 0.135 e. The van der Waals surface area contributed by atoms with Crippen LogP contribution in [0.3, 0.4) is 0 Å². The molecule has 0 saturated heterocycles. The number of H-pyrrole nitrogens is 1. The fourth-order valence-electron chi connectivity index (χ4n) is 3.35. The summed E-state index contributed by atoms with van der Waals surface area (Å²) in [5.41, 5.74) is 3.57. The van der Waals surface area contributed by atoms with E-state index in [1.54, 1.807) is 0 Å². The molecule has 0 saturated carbocycles. The molecule has 4 nitrogen and oxygen atoms in total. The summed E-state index contributed by atoms with van der Waals surface area (Å²) in [5.74, 6) is 2.77. The van der Waals surface area contributed by atoms with Gasteiger partial charge in [-0.15, -0.1) is 11.8 Å². The van der Waals surface area contributed by atoms with Crippen LogP contribution in [0.15, 0.2) is 16.6 Å². The van der Waals surface area contributed by atoms with Crippen molar-refractivity contribution in [2.24, 2.45) is 0 Å². The normalized spacial score (nSPS) is 18.3. The lowest BCUT2D eigenvalue weighted by molar-refractivity contribution is -0.170. The van der Waals surface area contributed by atoms with Crippen molar-refractivity contribution in [1.82, 2.24) is 10.0 Å². The molecular formula is C20H29BrN2O2S. The molecule has 3 rings (SSSR count). The minimum absolute atomic E-state index is 0.221. The number of hydrogen-bond donors (Lipinski definition) is 1. The van der Waals surface area contributed by atoms with E-state index in [2.05, 4.69) is 72.7 Å². The fraction of sp³-hybridized carbons (Fsp3) is 0.600. The number of nitrogens with one attached hydrogen (secondary N) is 1. The number of benzene rings is 1. The second-order valence-corrected chi connectivity index (χ2v) is 9.69. The maximum Gasteiger partial charge on any atom is 0.135 e. The molecule has 2 aromatic rings. The fourth-order valence-corrected chi connectivity index (χ4v) is 4.39. The molecule has 1 aromatic heterocycles. The number of aromatic nitrogens is 1. The number of ether oxygens (including phenoxy) is 1. The minimum atomic E-state index is -0.222. The van der Waals surface area contributed by atoms with Crippen LogP contribution in [0.2, 0.25) is 0 Å². The van der Waals surface area contributed by atoms with Gasteiger partial charge >= 0.3 is 0 Å². The molecule has 0 radical (unpaired) electrons. The van der Waals surface area contributed by atoms with Gasteiger partial charge in [-0.25, -0.2) is 0 Å². The third-order valence-corrected chi connectivity index (χ3v) is 6.08. The molecule has 1 N–H and O–H groups in total. The highest BCUT2D eigenvalue weighted by Crippen LogP contribution is 2.39. The summed E-state index contributed by atoms with van der Waals surface area (Å²) in [6, 6.07) is 4.52. The molecule has 1 unspecified atom stereocenters. The van der Waals surface area contributed by atoms with Gasteiger partial charge in [0.1, 0.15) is 17.3 Å². The van der Waals surface area contributed by atoms with Crippen LogP contribution < -0.4 is 4.74 Å². The third-order valence-electron chi connectivity index (χ3n) is 4.49. The van der Waals surface area contributed by atoms with E-state index in [-0.39, 0.29) is 11.6 Å². The average molecular weight is 441 g/mol. The van der Waals surface area contributed by atoms with Crippen molar-refractivity contribution in [3.05, 3.63) is 27.9 Å². The zero-order valence-electron chi connectivity index (χ0n) is 16.3. The number of thioether (sulfide) groups is 1. The van der Waals surface area contributed by atoms with E-state index in [1.165, 1.54) is 23.1 Å². The lowest BCUT2D eigenvalue weighted by Gasteiger charge is -2.32. The molecule has 0 fully saturated rings. The molecule has 0 bridgehead atoms. The van der Waals surface area contributed by atoms with Crippen LogP contribution >= 0.6 is 27.7 Å². The first kappa shape index (κ1) is 20.1. The highest BCUT2D eigenvalue weighted by atomic mass is 79.9. The van der Waals surface area contributed by atoms with Gasteiger partial charge in [-0.3, -0.25) is 4.84 Å². The van der Waals surface area contributed by atoms with Crippen molar-refractivity contribution >= 4 is 38.6 Å². The lowest BCUT2D eigenvalue weighted by atomic mass is 10.00. The molecule has 6 heteroatoms. The molecular weight excluding hydrogens is 412 g/mol. The number of rotatable bonds is 6. The Labute approximate surface area is 169 Å². The predicted molar refractivity (Wildman–Crippen MR) is 114 cm³/mol. The Bertz CT molecular complexity index is 769. The molecule has 144 valence electrons. The standard InChI is InChI=1S/C20H29BrN2O2S/c1-6-9-26-12-24-23-8-7-14-15-10-18(25-20(3,4)5)16(21)11-17(15)22-19(14)13(23)2/h10-11,13,22H,6-9,12H2,1-5H3. The summed E-state index contributed by atoms with van der Waals surface area (Å²) >= 11 is 5.50. The van der Waals surface area contributed by atoms with E-state index in [1.807, 2.05) is 11.8 Å². The van der Waals surface area contributed by atoms with Gasteiger partial charge in [-0.05, 0) is 79.9 Å². The van der Waals surface area contributed by atoms with Gasteiger partial charge in [0.25, 0.3) is 0 Å². The molecule has 0 spiro atoms. The number of halogens is 1. The second-order valence-electron chi connectivity index (χ2n) is 7.78. The molecule has 1 aliphatic heterocycles. The van der Waals surface area contributed by atoms with Crippen molar-refractivity contribution in [2.75, 3.05) is 18.2 Å². The quantitative estimate of drug-likeness (QED) is 0.437. The Morgan fingerprint density at radius 3 is 2.81 bits per heavy atom. The largest absolute Gasteiger partial charge is 0.487 e. The van der Waals surface area contributed by atoms with Crippen molar-refractivity contribution in [3.63, 3.8) is 0 Å². The Hall–Kier alpha value is -0.690. The van der Waals surface area contributed by atoms with Crippen LogP contribution in [-0.4, -0.2) is 33.9 Å². The van der Waals surface area contributed by atoms with E-state index in [0.29, 0.717) is 0 Å². The van der Waals surface area contributed by atoms with Crippen molar-refractivity contribution in [3.8, 4) is 5.75 Å². The second kappa shape index (κ2) is 8.13. The highest BCUT2D eigenvalue weighted by Gasteiger charge is 2.28.